The lowest BCUT2D eigenvalue weighted by molar-refractivity contribution is 0.415. The average Bonchev–Trinajstić information content (AvgIpc) is 2.89. The molecule has 0 unspecified atom stereocenters. The molecule has 0 bridgehead atoms. The zero-order chi connectivity index (χ0) is 14.8. The molecule has 0 radical (unpaired) electrons. The summed E-state index contributed by atoms with van der Waals surface area (Å²) in [5, 5.41) is 10.5. The molecule has 0 amide bonds. The first kappa shape index (κ1) is 13.6. The Morgan fingerprint density at radius 1 is 1.05 bits per heavy atom. The number of rotatable bonds is 3. The first-order chi connectivity index (χ1) is 10.2. The van der Waals surface area contributed by atoms with Gasteiger partial charge in [0.25, 0.3) is 0 Å². The van der Waals surface area contributed by atoms with E-state index in [0.29, 0.717) is 0 Å². The van der Waals surface area contributed by atoms with Crippen LogP contribution in [0, 0.1) is 6.92 Å². The molecule has 106 valence electrons. The molecule has 0 aliphatic heterocycles. The summed E-state index contributed by atoms with van der Waals surface area (Å²) >= 11 is 1.63. The fraction of sp³-hybridized carbons (Fsp3) is 0.118. The number of hydrogen-bond donors (Lipinski definition) is 1. The maximum atomic E-state index is 9.59. The van der Waals surface area contributed by atoms with E-state index < -0.39 is 0 Å². The van der Waals surface area contributed by atoms with Gasteiger partial charge in [-0.2, -0.15) is 0 Å². The predicted octanol–water partition coefficient (Wildman–Crippen LogP) is 4.50. The Bertz CT molecular complexity index is 763. The monoisotopic (exact) mass is 297 g/mol. The van der Waals surface area contributed by atoms with Crippen LogP contribution in [0.3, 0.4) is 0 Å². The van der Waals surface area contributed by atoms with Crippen LogP contribution in [0.4, 0.5) is 0 Å². The van der Waals surface area contributed by atoms with Gasteiger partial charge in [0.2, 0.25) is 0 Å². The number of aryl methyl sites for hydroxylation is 1. The van der Waals surface area contributed by atoms with E-state index in [4.69, 9.17) is 9.72 Å². The SMILES string of the molecule is COc1ccc(-c2nc(-c3cccc(O)c3)sc2C)cc1. The van der Waals surface area contributed by atoms with Gasteiger partial charge < -0.3 is 9.84 Å². The second-order valence-electron chi connectivity index (χ2n) is 4.70. The van der Waals surface area contributed by atoms with E-state index in [1.54, 1.807) is 30.6 Å². The Hall–Kier alpha value is -2.33. The molecular formula is C17H15NO2S. The topological polar surface area (TPSA) is 42.4 Å². The lowest BCUT2D eigenvalue weighted by Crippen LogP contribution is -1.84. The lowest BCUT2D eigenvalue weighted by atomic mass is 10.1. The van der Waals surface area contributed by atoms with Gasteiger partial charge in [0.1, 0.15) is 16.5 Å². The molecular weight excluding hydrogens is 282 g/mol. The molecule has 1 aromatic heterocycles. The van der Waals surface area contributed by atoms with Gasteiger partial charge in [-0.25, -0.2) is 4.98 Å². The number of methoxy groups -OCH3 is 1. The van der Waals surface area contributed by atoms with Gasteiger partial charge in [0, 0.05) is 16.0 Å². The van der Waals surface area contributed by atoms with E-state index in [1.165, 1.54) is 0 Å². The van der Waals surface area contributed by atoms with Crippen molar-refractivity contribution < 1.29 is 9.84 Å². The van der Waals surface area contributed by atoms with Crippen LogP contribution in [0.2, 0.25) is 0 Å². The van der Waals surface area contributed by atoms with Crippen LogP contribution >= 0.6 is 11.3 Å². The lowest BCUT2D eigenvalue weighted by Gasteiger charge is -2.01. The Morgan fingerprint density at radius 3 is 2.48 bits per heavy atom. The van der Waals surface area contributed by atoms with Crippen molar-refractivity contribution in [3.05, 3.63) is 53.4 Å². The van der Waals surface area contributed by atoms with E-state index >= 15 is 0 Å². The molecule has 3 nitrogen and oxygen atoms in total. The summed E-state index contributed by atoms with van der Waals surface area (Å²) in [6.07, 6.45) is 0. The molecule has 3 rings (SSSR count). The Labute approximate surface area is 127 Å². The minimum absolute atomic E-state index is 0.256. The smallest absolute Gasteiger partial charge is 0.124 e. The largest absolute Gasteiger partial charge is 0.508 e. The molecule has 0 saturated carbocycles. The third-order valence-electron chi connectivity index (χ3n) is 3.25. The summed E-state index contributed by atoms with van der Waals surface area (Å²) in [7, 11) is 1.66. The van der Waals surface area contributed by atoms with Crippen molar-refractivity contribution in [2.24, 2.45) is 0 Å². The number of nitrogens with zero attached hydrogens (tertiary/aromatic N) is 1. The van der Waals surface area contributed by atoms with Crippen LogP contribution in [0.1, 0.15) is 4.88 Å². The zero-order valence-electron chi connectivity index (χ0n) is 11.8. The van der Waals surface area contributed by atoms with Crippen LogP contribution in [0.5, 0.6) is 11.5 Å². The van der Waals surface area contributed by atoms with Crippen molar-refractivity contribution in [1.82, 2.24) is 4.98 Å². The predicted molar refractivity (Wildman–Crippen MR) is 85.9 cm³/mol. The molecule has 4 heteroatoms. The van der Waals surface area contributed by atoms with Crippen molar-refractivity contribution in [3.8, 4) is 33.3 Å². The summed E-state index contributed by atoms with van der Waals surface area (Å²) in [5.74, 6) is 1.09. The Kier molecular flexibility index (Phi) is 3.62. The maximum Gasteiger partial charge on any atom is 0.124 e. The highest BCUT2D eigenvalue weighted by atomic mass is 32.1. The van der Waals surface area contributed by atoms with E-state index in [9.17, 15) is 5.11 Å². The summed E-state index contributed by atoms with van der Waals surface area (Å²) in [6.45, 7) is 2.06. The third kappa shape index (κ3) is 2.76. The highest BCUT2D eigenvalue weighted by Crippen LogP contribution is 2.34. The summed E-state index contributed by atoms with van der Waals surface area (Å²) in [5.41, 5.74) is 2.97. The second kappa shape index (κ2) is 5.58. The number of aromatic nitrogens is 1. The fourth-order valence-corrected chi connectivity index (χ4v) is 3.11. The van der Waals surface area contributed by atoms with E-state index in [-0.39, 0.29) is 5.75 Å². The number of ether oxygens (including phenoxy) is 1. The average molecular weight is 297 g/mol. The molecule has 0 spiro atoms. The van der Waals surface area contributed by atoms with Crippen LogP contribution < -0.4 is 4.74 Å². The summed E-state index contributed by atoms with van der Waals surface area (Å²) < 4.78 is 5.18. The van der Waals surface area contributed by atoms with E-state index in [2.05, 4.69) is 6.92 Å². The number of benzene rings is 2. The molecule has 2 aromatic carbocycles. The van der Waals surface area contributed by atoms with Gasteiger partial charge in [-0.15, -0.1) is 11.3 Å². The number of phenolic OH excluding ortho intramolecular Hbond substituents is 1. The normalized spacial score (nSPS) is 10.6. The van der Waals surface area contributed by atoms with Gasteiger partial charge in [0.15, 0.2) is 0 Å². The molecule has 0 aliphatic rings. The standard InChI is InChI=1S/C17H15NO2S/c1-11-16(12-6-8-15(20-2)9-7-12)18-17(21-11)13-4-3-5-14(19)10-13/h3-10,19H,1-2H3. The summed E-state index contributed by atoms with van der Waals surface area (Å²) in [6, 6.07) is 15.1. The van der Waals surface area contributed by atoms with Crippen molar-refractivity contribution >= 4 is 11.3 Å². The first-order valence-corrected chi connectivity index (χ1v) is 7.40. The van der Waals surface area contributed by atoms with Crippen molar-refractivity contribution in [2.75, 3.05) is 7.11 Å². The van der Waals surface area contributed by atoms with Gasteiger partial charge in [0.05, 0.1) is 12.8 Å². The molecule has 1 N–H and O–H groups in total. The molecule has 0 saturated heterocycles. The molecule has 0 fully saturated rings. The Morgan fingerprint density at radius 2 is 1.81 bits per heavy atom. The van der Waals surface area contributed by atoms with Crippen molar-refractivity contribution in [2.45, 2.75) is 6.92 Å². The molecule has 0 atom stereocenters. The quantitative estimate of drug-likeness (QED) is 0.774. The van der Waals surface area contributed by atoms with E-state index in [1.807, 2.05) is 36.4 Å². The van der Waals surface area contributed by atoms with Gasteiger partial charge in [-0.05, 0) is 43.3 Å². The van der Waals surface area contributed by atoms with Crippen LogP contribution in [0.25, 0.3) is 21.8 Å². The molecule has 3 aromatic rings. The van der Waals surface area contributed by atoms with Crippen LogP contribution in [-0.2, 0) is 0 Å². The highest BCUT2D eigenvalue weighted by molar-refractivity contribution is 7.15. The number of thiazole rings is 1. The molecule has 0 aliphatic carbocycles. The van der Waals surface area contributed by atoms with E-state index in [0.717, 1.165) is 32.5 Å². The van der Waals surface area contributed by atoms with Gasteiger partial charge in [-0.3, -0.25) is 0 Å². The van der Waals surface area contributed by atoms with Crippen molar-refractivity contribution in [3.63, 3.8) is 0 Å². The number of hydrogen-bond acceptors (Lipinski definition) is 4. The van der Waals surface area contributed by atoms with Crippen molar-refractivity contribution in [1.29, 1.82) is 0 Å². The fourth-order valence-electron chi connectivity index (χ4n) is 2.18. The zero-order valence-corrected chi connectivity index (χ0v) is 12.6. The minimum Gasteiger partial charge on any atom is -0.508 e. The van der Waals surface area contributed by atoms with Crippen LogP contribution in [-0.4, -0.2) is 17.2 Å². The highest BCUT2D eigenvalue weighted by Gasteiger charge is 2.11. The molecule has 1 heterocycles. The first-order valence-electron chi connectivity index (χ1n) is 6.58. The number of phenols is 1. The maximum absolute atomic E-state index is 9.59. The third-order valence-corrected chi connectivity index (χ3v) is 4.27. The molecule has 21 heavy (non-hydrogen) atoms. The minimum atomic E-state index is 0.256. The van der Waals surface area contributed by atoms with Gasteiger partial charge in [-0.1, -0.05) is 12.1 Å². The van der Waals surface area contributed by atoms with Gasteiger partial charge >= 0.3 is 0 Å². The number of aromatic hydroxyl groups is 1. The summed E-state index contributed by atoms with van der Waals surface area (Å²) in [4.78, 5) is 5.86. The second-order valence-corrected chi connectivity index (χ2v) is 5.91. The Balaban J connectivity index is 2.01. The van der Waals surface area contributed by atoms with Crippen LogP contribution in [0.15, 0.2) is 48.5 Å².